The Bertz CT molecular complexity index is 1130. The highest BCUT2D eigenvalue weighted by Crippen LogP contribution is 2.29. The molecule has 6 nitrogen and oxygen atoms in total. The van der Waals surface area contributed by atoms with Crippen molar-refractivity contribution in [3.63, 3.8) is 0 Å². The standard InChI is InChI=1S/C29H34ClN3O3/c1-2-3-17-32(29(35)22-36-27-15-11-24(30)12-16-27)21-28(34)33(25-13-14-25)20-26-10-7-18-31(26)19-23-8-5-4-6-9-23/h4-12,15-16,18,25H,2-3,13-14,17,19-22H2,1H3. The van der Waals surface area contributed by atoms with Crippen LogP contribution in [-0.4, -0.2) is 51.9 Å². The van der Waals surface area contributed by atoms with Crippen LogP contribution in [0.1, 0.15) is 43.9 Å². The molecule has 0 N–H and O–H groups in total. The van der Waals surface area contributed by atoms with Gasteiger partial charge < -0.3 is 19.1 Å². The van der Waals surface area contributed by atoms with Gasteiger partial charge in [0, 0.05) is 36.0 Å². The minimum atomic E-state index is -0.185. The molecule has 0 aliphatic heterocycles. The van der Waals surface area contributed by atoms with Gasteiger partial charge in [-0.1, -0.05) is 55.3 Å². The number of amides is 2. The van der Waals surface area contributed by atoms with Gasteiger partial charge in [-0.15, -0.1) is 0 Å². The number of aromatic nitrogens is 1. The molecule has 1 aliphatic carbocycles. The second-order valence-corrected chi connectivity index (χ2v) is 9.71. The lowest BCUT2D eigenvalue weighted by molar-refractivity contribution is -0.142. The number of ether oxygens (including phenoxy) is 1. The van der Waals surface area contributed by atoms with E-state index in [1.54, 1.807) is 29.2 Å². The van der Waals surface area contributed by atoms with Crippen molar-refractivity contribution in [2.45, 2.75) is 51.7 Å². The van der Waals surface area contributed by atoms with E-state index in [2.05, 4.69) is 35.9 Å². The molecule has 0 unspecified atom stereocenters. The van der Waals surface area contributed by atoms with Gasteiger partial charge in [-0.3, -0.25) is 9.59 Å². The van der Waals surface area contributed by atoms with Crippen molar-refractivity contribution in [2.24, 2.45) is 0 Å². The van der Waals surface area contributed by atoms with Gasteiger partial charge in [-0.2, -0.15) is 0 Å². The van der Waals surface area contributed by atoms with Crippen LogP contribution in [0, 0.1) is 0 Å². The Morgan fingerprint density at radius 3 is 2.44 bits per heavy atom. The summed E-state index contributed by atoms with van der Waals surface area (Å²) in [5.74, 6) is 0.379. The van der Waals surface area contributed by atoms with Crippen LogP contribution in [0.5, 0.6) is 5.75 Å². The molecule has 1 aromatic heterocycles. The molecule has 2 amide bonds. The van der Waals surface area contributed by atoms with Crippen LogP contribution in [0.25, 0.3) is 0 Å². The van der Waals surface area contributed by atoms with Crippen LogP contribution in [0.15, 0.2) is 72.9 Å². The van der Waals surface area contributed by atoms with E-state index in [1.807, 2.05) is 29.2 Å². The summed E-state index contributed by atoms with van der Waals surface area (Å²) in [6, 6.07) is 21.6. The number of carbonyl (C=O) groups is 2. The number of carbonyl (C=O) groups excluding carboxylic acids is 2. The first-order valence-electron chi connectivity index (χ1n) is 12.7. The fourth-order valence-electron chi connectivity index (χ4n) is 4.17. The first-order chi connectivity index (χ1) is 17.5. The second-order valence-electron chi connectivity index (χ2n) is 9.28. The number of nitrogens with zero attached hydrogens (tertiary/aromatic N) is 3. The Labute approximate surface area is 218 Å². The molecule has 36 heavy (non-hydrogen) atoms. The summed E-state index contributed by atoms with van der Waals surface area (Å²) >= 11 is 5.93. The Kier molecular flexibility index (Phi) is 9.06. The van der Waals surface area contributed by atoms with Crippen molar-refractivity contribution in [1.82, 2.24) is 14.4 Å². The van der Waals surface area contributed by atoms with Crippen LogP contribution in [-0.2, 0) is 22.7 Å². The molecule has 190 valence electrons. The molecule has 1 heterocycles. The molecular formula is C29H34ClN3O3. The lowest BCUT2D eigenvalue weighted by Gasteiger charge is -2.28. The van der Waals surface area contributed by atoms with Crippen LogP contribution in [0.3, 0.4) is 0 Å². The summed E-state index contributed by atoms with van der Waals surface area (Å²) in [5.41, 5.74) is 2.31. The van der Waals surface area contributed by atoms with E-state index in [0.717, 1.165) is 37.9 Å². The molecule has 2 aromatic carbocycles. The molecule has 1 saturated carbocycles. The minimum Gasteiger partial charge on any atom is -0.484 e. The Morgan fingerprint density at radius 1 is 1.00 bits per heavy atom. The SMILES string of the molecule is CCCCN(CC(=O)N(Cc1cccn1Cc1ccccc1)C1CC1)C(=O)COc1ccc(Cl)cc1. The summed E-state index contributed by atoms with van der Waals surface area (Å²) in [6.07, 6.45) is 5.85. The average Bonchev–Trinajstić information content (AvgIpc) is 3.64. The van der Waals surface area contributed by atoms with E-state index in [4.69, 9.17) is 16.3 Å². The summed E-state index contributed by atoms with van der Waals surface area (Å²) in [6.45, 7) is 3.88. The third-order valence-corrected chi connectivity index (χ3v) is 6.65. The van der Waals surface area contributed by atoms with Gasteiger partial charge in [0.05, 0.1) is 13.1 Å². The minimum absolute atomic E-state index is 0.0130. The highest BCUT2D eigenvalue weighted by molar-refractivity contribution is 6.30. The summed E-state index contributed by atoms with van der Waals surface area (Å²) < 4.78 is 7.86. The van der Waals surface area contributed by atoms with Gasteiger partial charge >= 0.3 is 0 Å². The third-order valence-electron chi connectivity index (χ3n) is 6.40. The molecule has 0 radical (unpaired) electrons. The molecule has 1 fully saturated rings. The molecule has 7 heteroatoms. The number of halogens is 1. The number of hydrogen-bond acceptors (Lipinski definition) is 3. The molecule has 1 aliphatic rings. The number of hydrogen-bond donors (Lipinski definition) is 0. The summed E-state index contributed by atoms with van der Waals surface area (Å²) in [4.78, 5) is 30.1. The predicted octanol–water partition coefficient (Wildman–Crippen LogP) is 5.39. The third kappa shape index (κ3) is 7.37. The maximum atomic E-state index is 13.5. The number of unbranched alkanes of at least 4 members (excludes halogenated alkanes) is 1. The van der Waals surface area contributed by atoms with Crippen LogP contribution in [0.2, 0.25) is 5.02 Å². The summed E-state index contributed by atoms with van der Waals surface area (Å²) in [7, 11) is 0. The first kappa shape index (κ1) is 25.8. The van der Waals surface area contributed by atoms with Crippen LogP contribution < -0.4 is 4.74 Å². The topological polar surface area (TPSA) is 54.8 Å². The Hall–Kier alpha value is -3.25. The van der Waals surface area contributed by atoms with Crippen molar-refractivity contribution < 1.29 is 14.3 Å². The van der Waals surface area contributed by atoms with Crippen molar-refractivity contribution in [1.29, 1.82) is 0 Å². The van der Waals surface area contributed by atoms with Gasteiger partial charge in [0.25, 0.3) is 5.91 Å². The second kappa shape index (κ2) is 12.6. The van der Waals surface area contributed by atoms with Crippen molar-refractivity contribution in [2.75, 3.05) is 19.7 Å². The smallest absolute Gasteiger partial charge is 0.260 e. The zero-order chi connectivity index (χ0) is 25.3. The van der Waals surface area contributed by atoms with Crippen LogP contribution >= 0.6 is 11.6 Å². The number of rotatable bonds is 13. The van der Waals surface area contributed by atoms with E-state index >= 15 is 0 Å². The van der Waals surface area contributed by atoms with Gasteiger partial charge in [0.15, 0.2) is 6.61 Å². The summed E-state index contributed by atoms with van der Waals surface area (Å²) in [5, 5.41) is 0.610. The largest absolute Gasteiger partial charge is 0.484 e. The molecule has 0 bridgehead atoms. The zero-order valence-corrected chi connectivity index (χ0v) is 21.6. The van der Waals surface area contributed by atoms with Crippen molar-refractivity contribution in [3.8, 4) is 5.75 Å². The Balaban J connectivity index is 1.40. The van der Waals surface area contributed by atoms with Crippen LogP contribution in [0.4, 0.5) is 0 Å². The van der Waals surface area contributed by atoms with E-state index < -0.39 is 0 Å². The maximum absolute atomic E-state index is 13.5. The molecule has 4 rings (SSSR count). The maximum Gasteiger partial charge on any atom is 0.260 e. The van der Waals surface area contributed by atoms with Gasteiger partial charge in [-0.05, 0) is 61.2 Å². The lowest BCUT2D eigenvalue weighted by atomic mass is 10.2. The van der Waals surface area contributed by atoms with Crippen molar-refractivity contribution in [3.05, 3.63) is 89.2 Å². The number of benzene rings is 2. The van der Waals surface area contributed by atoms with Gasteiger partial charge in [0.1, 0.15) is 5.75 Å². The molecular weight excluding hydrogens is 474 g/mol. The van der Waals surface area contributed by atoms with E-state index in [9.17, 15) is 9.59 Å². The first-order valence-corrected chi connectivity index (χ1v) is 13.0. The molecule has 0 spiro atoms. The van der Waals surface area contributed by atoms with E-state index in [-0.39, 0.29) is 31.0 Å². The van der Waals surface area contributed by atoms with Crippen molar-refractivity contribution >= 4 is 23.4 Å². The fourth-order valence-corrected chi connectivity index (χ4v) is 4.30. The van der Waals surface area contributed by atoms with Gasteiger partial charge in [-0.25, -0.2) is 0 Å². The molecule has 0 atom stereocenters. The highest BCUT2D eigenvalue weighted by atomic mass is 35.5. The lowest BCUT2D eigenvalue weighted by Crippen LogP contribution is -2.45. The Morgan fingerprint density at radius 2 is 1.75 bits per heavy atom. The van der Waals surface area contributed by atoms with E-state index in [0.29, 0.717) is 23.9 Å². The average molecular weight is 508 g/mol. The molecule has 0 saturated heterocycles. The fraction of sp³-hybridized carbons (Fsp3) is 0.379. The normalized spacial score (nSPS) is 12.8. The highest BCUT2D eigenvalue weighted by Gasteiger charge is 2.34. The van der Waals surface area contributed by atoms with Gasteiger partial charge in [0.2, 0.25) is 5.91 Å². The monoisotopic (exact) mass is 507 g/mol. The zero-order valence-electron chi connectivity index (χ0n) is 20.8. The van der Waals surface area contributed by atoms with E-state index in [1.165, 1.54) is 5.56 Å². The predicted molar refractivity (Wildman–Crippen MR) is 142 cm³/mol. The molecule has 3 aromatic rings. The quantitative estimate of drug-likeness (QED) is 0.312.